The molecule has 1 aliphatic heterocycles. The van der Waals surface area contributed by atoms with E-state index in [0.717, 1.165) is 25.1 Å². The van der Waals surface area contributed by atoms with Crippen molar-refractivity contribution in [3.8, 4) is 0 Å². The third-order valence-electron chi connectivity index (χ3n) is 3.23. The second-order valence-electron chi connectivity index (χ2n) is 5.00. The molecule has 0 fully saturated rings. The average Bonchev–Trinajstić information content (AvgIpc) is 2.38. The van der Waals surface area contributed by atoms with Gasteiger partial charge < -0.3 is 10.2 Å². The number of hydrogen-bond donors (Lipinski definition) is 1. The number of unbranched alkanes of at least 4 members (excludes halogenated alkanes) is 1. The van der Waals surface area contributed by atoms with Crippen LogP contribution in [0.3, 0.4) is 0 Å². The third-order valence-corrected chi connectivity index (χ3v) is 3.23. The molecule has 0 saturated carbocycles. The van der Waals surface area contributed by atoms with Crippen LogP contribution in [0, 0.1) is 0 Å². The lowest BCUT2D eigenvalue weighted by Crippen LogP contribution is -2.50. The van der Waals surface area contributed by atoms with Gasteiger partial charge in [0, 0.05) is 26.8 Å². The van der Waals surface area contributed by atoms with E-state index in [0.29, 0.717) is 0 Å². The van der Waals surface area contributed by atoms with Gasteiger partial charge in [-0.2, -0.15) is 0 Å². The molecule has 1 aliphatic rings. The number of urea groups is 1. The van der Waals surface area contributed by atoms with Crippen molar-refractivity contribution in [2.45, 2.75) is 25.9 Å². The van der Waals surface area contributed by atoms with Gasteiger partial charge in [0.15, 0.2) is 0 Å². The number of nitrogens with zero attached hydrogens (tertiary/aromatic N) is 3. The summed E-state index contributed by atoms with van der Waals surface area (Å²) in [6.07, 6.45) is 8.18. The van der Waals surface area contributed by atoms with Crippen LogP contribution in [0.2, 0.25) is 0 Å². The van der Waals surface area contributed by atoms with Crippen molar-refractivity contribution in [3.63, 3.8) is 0 Å². The summed E-state index contributed by atoms with van der Waals surface area (Å²) in [6.45, 7) is 2.88. The van der Waals surface area contributed by atoms with Crippen molar-refractivity contribution >= 4 is 6.03 Å². The van der Waals surface area contributed by atoms with Gasteiger partial charge in [0.1, 0.15) is 6.17 Å². The van der Waals surface area contributed by atoms with Gasteiger partial charge in [-0.15, -0.1) is 0 Å². The van der Waals surface area contributed by atoms with E-state index in [1.165, 1.54) is 0 Å². The van der Waals surface area contributed by atoms with Crippen LogP contribution < -0.4 is 5.32 Å². The molecule has 1 atom stereocenters. The highest BCUT2D eigenvalue weighted by atomic mass is 16.2. The van der Waals surface area contributed by atoms with Crippen molar-refractivity contribution in [3.05, 3.63) is 24.0 Å². The molecule has 1 unspecified atom stereocenters. The molecule has 0 aliphatic carbocycles. The van der Waals surface area contributed by atoms with E-state index in [-0.39, 0.29) is 12.2 Å². The average molecular weight is 266 g/mol. The normalized spacial score (nSPS) is 18.5. The van der Waals surface area contributed by atoms with E-state index in [9.17, 15) is 4.79 Å². The molecule has 19 heavy (non-hydrogen) atoms. The Morgan fingerprint density at radius 3 is 2.68 bits per heavy atom. The van der Waals surface area contributed by atoms with Gasteiger partial charge in [-0.3, -0.25) is 9.80 Å². The smallest absolute Gasteiger partial charge is 0.321 e. The Labute approximate surface area is 116 Å². The number of nitrogens with one attached hydrogen (secondary N) is 1. The Morgan fingerprint density at radius 2 is 2.16 bits per heavy atom. The largest absolute Gasteiger partial charge is 0.360 e. The first-order chi connectivity index (χ1) is 9.02. The number of rotatable bonds is 5. The van der Waals surface area contributed by atoms with Gasteiger partial charge in [0.2, 0.25) is 0 Å². The first kappa shape index (κ1) is 15.6. The highest BCUT2D eigenvalue weighted by molar-refractivity contribution is 5.76. The number of carbonyl (C=O) groups is 1. The van der Waals surface area contributed by atoms with Crippen molar-refractivity contribution in [2.75, 3.05) is 34.7 Å². The molecule has 2 amide bonds. The fourth-order valence-electron chi connectivity index (χ4n) is 2.31. The number of allylic oxidation sites excluding steroid dienone is 2. The van der Waals surface area contributed by atoms with Crippen LogP contribution in [0.25, 0.3) is 0 Å². The predicted octanol–water partition coefficient (Wildman–Crippen LogP) is 1.66. The van der Waals surface area contributed by atoms with E-state index in [2.05, 4.69) is 22.0 Å². The molecule has 0 bridgehead atoms. The van der Waals surface area contributed by atoms with Crippen LogP contribution in [0.1, 0.15) is 19.8 Å². The topological polar surface area (TPSA) is 38.8 Å². The zero-order valence-corrected chi connectivity index (χ0v) is 12.7. The van der Waals surface area contributed by atoms with Gasteiger partial charge in [0.05, 0.1) is 5.70 Å². The molecule has 0 radical (unpaired) electrons. The van der Waals surface area contributed by atoms with Crippen LogP contribution in [0.5, 0.6) is 0 Å². The Balaban J connectivity index is 3.00. The monoisotopic (exact) mass is 266 g/mol. The van der Waals surface area contributed by atoms with Crippen molar-refractivity contribution in [1.29, 1.82) is 0 Å². The summed E-state index contributed by atoms with van der Waals surface area (Å²) in [5, 5.41) is 2.73. The highest BCUT2D eigenvalue weighted by Crippen LogP contribution is 2.21. The quantitative estimate of drug-likeness (QED) is 0.822. The molecular weight excluding hydrogens is 240 g/mol. The maximum Gasteiger partial charge on any atom is 0.321 e. The molecular formula is C14H26N4O. The molecule has 1 heterocycles. The summed E-state index contributed by atoms with van der Waals surface area (Å²) in [7, 11) is 7.75. The molecule has 5 heteroatoms. The molecule has 0 spiro atoms. The van der Waals surface area contributed by atoms with Gasteiger partial charge in [0.25, 0.3) is 0 Å². The first-order valence-corrected chi connectivity index (χ1v) is 6.78. The van der Waals surface area contributed by atoms with Crippen LogP contribution in [-0.2, 0) is 0 Å². The summed E-state index contributed by atoms with van der Waals surface area (Å²) in [5.74, 6) is 0. The van der Waals surface area contributed by atoms with Gasteiger partial charge in [-0.1, -0.05) is 13.3 Å². The van der Waals surface area contributed by atoms with E-state index in [1.807, 2.05) is 44.4 Å². The lowest BCUT2D eigenvalue weighted by atomic mass is 10.2. The van der Waals surface area contributed by atoms with Crippen LogP contribution >= 0.6 is 0 Å². The van der Waals surface area contributed by atoms with E-state index in [1.54, 1.807) is 7.05 Å². The van der Waals surface area contributed by atoms with Crippen molar-refractivity contribution < 1.29 is 4.79 Å². The first-order valence-electron chi connectivity index (χ1n) is 6.78. The van der Waals surface area contributed by atoms with Gasteiger partial charge >= 0.3 is 6.03 Å². The number of amides is 2. The molecule has 108 valence electrons. The third kappa shape index (κ3) is 3.73. The zero-order chi connectivity index (χ0) is 14.4. The second kappa shape index (κ2) is 7.19. The van der Waals surface area contributed by atoms with E-state index >= 15 is 0 Å². The molecule has 1 rings (SSSR count). The maximum absolute atomic E-state index is 12.1. The Hall–Kier alpha value is -1.49. The van der Waals surface area contributed by atoms with Crippen molar-refractivity contribution in [2.24, 2.45) is 0 Å². The maximum atomic E-state index is 12.1. The van der Waals surface area contributed by atoms with Crippen molar-refractivity contribution in [1.82, 2.24) is 20.0 Å². The van der Waals surface area contributed by atoms with Gasteiger partial charge in [-0.05, 0) is 32.7 Å². The highest BCUT2D eigenvalue weighted by Gasteiger charge is 2.28. The minimum Gasteiger partial charge on any atom is -0.360 e. The number of hydrogen-bond acceptors (Lipinski definition) is 3. The summed E-state index contributed by atoms with van der Waals surface area (Å²) in [4.78, 5) is 18.2. The van der Waals surface area contributed by atoms with Crippen LogP contribution in [0.15, 0.2) is 24.0 Å². The summed E-state index contributed by atoms with van der Waals surface area (Å²) >= 11 is 0. The molecule has 0 aromatic carbocycles. The fraction of sp³-hybridized carbons (Fsp3) is 0.643. The molecule has 5 nitrogen and oxygen atoms in total. The SMILES string of the molecule is CCCCN(C(=O)NC)C1=CC=CN(C)C1N(C)C. The predicted molar refractivity (Wildman–Crippen MR) is 78.5 cm³/mol. The van der Waals surface area contributed by atoms with Crippen LogP contribution in [0.4, 0.5) is 4.79 Å². The summed E-state index contributed by atoms with van der Waals surface area (Å²) < 4.78 is 0. The Bertz CT molecular complexity index is 362. The Morgan fingerprint density at radius 1 is 1.47 bits per heavy atom. The second-order valence-corrected chi connectivity index (χ2v) is 5.00. The molecule has 1 N–H and O–H groups in total. The lowest BCUT2D eigenvalue weighted by molar-refractivity contribution is 0.139. The standard InChI is InChI=1S/C14H26N4O/c1-6-7-11-18(14(19)15-2)12-9-8-10-17(5)13(12)16(3)4/h8-10,13H,6-7,11H2,1-5H3,(H,15,19). The van der Waals surface area contributed by atoms with Crippen LogP contribution in [-0.4, -0.2) is 61.6 Å². The molecule has 0 aromatic heterocycles. The molecule has 0 saturated heterocycles. The fourth-order valence-corrected chi connectivity index (χ4v) is 2.31. The lowest BCUT2D eigenvalue weighted by Gasteiger charge is -2.40. The number of likely N-dealkylation sites (N-methyl/N-ethyl adjacent to an activating group) is 2. The minimum atomic E-state index is -0.0461. The van der Waals surface area contributed by atoms with E-state index < -0.39 is 0 Å². The number of carbonyl (C=O) groups excluding carboxylic acids is 1. The minimum absolute atomic E-state index is 0.0461. The zero-order valence-electron chi connectivity index (χ0n) is 12.7. The summed E-state index contributed by atoms with van der Waals surface area (Å²) in [6, 6.07) is -0.0461. The molecule has 0 aromatic rings. The van der Waals surface area contributed by atoms with E-state index in [4.69, 9.17) is 0 Å². The van der Waals surface area contributed by atoms with Gasteiger partial charge in [-0.25, -0.2) is 4.79 Å². The Kier molecular flexibility index (Phi) is 5.89. The summed E-state index contributed by atoms with van der Waals surface area (Å²) in [5.41, 5.74) is 1.02.